The Bertz CT molecular complexity index is 522. The number of hydrogen-bond acceptors (Lipinski definition) is 4. The van der Waals surface area contributed by atoms with E-state index in [9.17, 15) is 9.90 Å². The summed E-state index contributed by atoms with van der Waals surface area (Å²) in [6, 6.07) is 0. The number of fused-ring (bicyclic) bond motifs is 1. The van der Waals surface area contributed by atoms with Crippen molar-refractivity contribution in [1.29, 1.82) is 0 Å². The van der Waals surface area contributed by atoms with Gasteiger partial charge in [0.25, 0.3) is 0 Å². The van der Waals surface area contributed by atoms with Crippen molar-refractivity contribution in [2.75, 3.05) is 0 Å². The number of epoxide rings is 1. The number of allylic oxidation sites excluding steroid dienone is 4. The van der Waals surface area contributed by atoms with Crippen molar-refractivity contribution < 1.29 is 19.4 Å². The van der Waals surface area contributed by atoms with Gasteiger partial charge in [0.15, 0.2) is 0 Å². The Balaban J connectivity index is 1.48. The first-order valence-corrected chi connectivity index (χ1v) is 9.22. The average molecular weight is 332 g/mol. The molecule has 2 heterocycles. The number of ether oxygens (including phenoxy) is 2. The van der Waals surface area contributed by atoms with Gasteiger partial charge in [0.2, 0.25) is 0 Å². The van der Waals surface area contributed by atoms with Gasteiger partial charge in [-0.15, -0.1) is 0 Å². The molecule has 4 nitrogen and oxygen atoms in total. The maximum absolute atomic E-state index is 11.6. The molecule has 2 aliphatic heterocycles. The van der Waals surface area contributed by atoms with E-state index in [-0.39, 0.29) is 18.2 Å². The SMILES string of the molecule is CC[C@H](O)/C=C/C=C/C/C=C/C1C(C2CCCC(=O)O2)CC2OC21. The summed E-state index contributed by atoms with van der Waals surface area (Å²) in [5, 5.41) is 9.43. The van der Waals surface area contributed by atoms with Crippen LogP contribution in [0.4, 0.5) is 0 Å². The molecule has 24 heavy (non-hydrogen) atoms. The second-order valence-corrected chi connectivity index (χ2v) is 6.99. The molecule has 0 aromatic carbocycles. The molecular weight excluding hydrogens is 304 g/mol. The molecule has 1 aliphatic carbocycles. The van der Waals surface area contributed by atoms with Gasteiger partial charge in [-0.25, -0.2) is 0 Å². The lowest BCUT2D eigenvalue weighted by molar-refractivity contribution is -0.158. The predicted molar refractivity (Wildman–Crippen MR) is 92.3 cm³/mol. The Kier molecular flexibility index (Phi) is 5.90. The zero-order chi connectivity index (χ0) is 16.9. The number of cyclic esters (lactones) is 1. The Morgan fingerprint density at radius 2 is 2.17 bits per heavy atom. The summed E-state index contributed by atoms with van der Waals surface area (Å²) in [5.41, 5.74) is 0. The van der Waals surface area contributed by atoms with Crippen molar-refractivity contribution >= 4 is 5.97 Å². The molecule has 4 heteroatoms. The van der Waals surface area contributed by atoms with Crippen molar-refractivity contribution in [3.63, 3.8) is 0 Å². The zero-order valence-corrected chi connectivity index (χ0v) is 14.3. The molecule has 3 aliphatic rings. The molecule has 0 aromatic heterocycles. The average Bonchev–Trinajstić information content (AvgIpc) is 3.27. The van der Waals surface area contributed by atoms with E-state index in [1.807, 2.05) is 19.1 Å². The van der Waals surface area contributed by atoms with Gasteiger partial charge in [0.05, 0.1) is 18.3 Å². The van der Waals surface area contributed by atoms with Gasteiger partial charge in [-0.2, -0.15) is 0 Å². The molecule has 132 valence electrons. The molecule has 0 amide bonds. The Hall–Kier alpha value is -1.39. The van der Waals surface area contributed by atoms with Crippen LogP contribution in [0.2, 0.25) is 0 Å². The largest absolute Gasteiger partial charge is 0.462 e. The minimum Gasteiger partial charge on any atom is -0.462 e. The number of rotatable bonds is 7. The van der Waals surface area contributed by atoms with Gasteiger partial charge in [0.1, 0.15) is 6.10 Å². The van der Waals surface area contributed by atoms with Gasteiger partial charge in [-0.3, -0.25) is 4.79 Å². The fraction of sp³-hybridized carbons (Fsp3) is 0.650. The zero-order valence-electron chi connectivity index (χ0n) is 14.3. The van der Waals surface area contributed by atoms with E-state index in [0.29, 0.717) is 30.5 Å². The van der Waals surface area contributed by atoms with E-state index in [1.165, 1.54) is 0 Å². The van der Waals surface area contributed by atoms with Crippen LogP contribution in [0.5, 0.6) is 0 Å². The van der Waals surface area contributed by atoms with E-state index < -0.39 is 0 Å². The normalized spacial score (nSPS) is 37.2. The van der Waals surface area contributed by atoms with Crippen LogP contribution >= 0.6 is 0 Å². The lowest BCUT2D eigenvalue weighted by Gasteiger charge is -2.31. The lowest BCUT2D eigenvalue weighted by Crippen LogP contribution is -2.34. The number of esters is 1. The molecule has 0 aromatic rings. The topological polar surface area (TPSA) is 59.1 Å². The summed E-state index contributed by atoms with van der Waals surface area (Å²) in [5.74, 6) is 0.744. The molecule has 0 bridgehead atoms. The van der Waals surface area contributed by atoms with Crippen LogP contribution in [0.25, 0.3) is 0 Å². The van der Waals surface area contributed by atoms with E-state index in [4.69, 9.17) is 9.47 Å². The van der Waals surface area contributed by atoms with Crippen molar-refractivity contribution in [3.05, 3.63) is 36.5 Å². The third kappa shape index (κ3) is 4.37. The molecular formula is C20H28O4. The third-order valence-corrected chi connectivity index (χ3v) is 5.26. The highest BCUT2D eigenvalue weighted by Gasteiger charge is 2.57. The second-order valence-electron chi connectivity index (χ2n) is 6.99. The number of carbonyl (C=O) groups excluding carboxylic acids is 1. The molecule has 1 saturated carbocycles. The molecule has 3 rings (SSSR count). The number of carbonyl (C=O) groups is 1. The van der Waals surface area contributed by atoms with Gasteiger partial charge >= 0.3 is 5.97 Å². The molecule has 6 atom stereocenters. The monoisotopic (exact) mass is 332 g/mol. The van der Waals surface area contributed by atoms with Crippen LogP contribution in [-0.2, 0) is 14.3 Å². The number of hydrogen-bond donors (Lipinski definition) is 1. The highest BCUT2D eigenvalue weighted by atomic mass is 16.6. The van der Waals surface area contributed by atoms with Crippen molar-refractivity contribution in [3.8, 4) is 0 Å². The van der Waals surface area contributed by atoms with Gasteiger partial charge in [-0.05, 0) is 32.1 Å². The molecule has 2 saturated heterocycles. The van der Waals surface area contributed by atoms with Gasteiger partial charge in [-0.1, -0.05) is 43.4 Å². The quantitative estimate of drug-likeness (QED) is 0.336. The minimum absolute atomic E-state index is 0.0422. The van der Waals surface area contributed by atoms with E-state index >= 15 is 0 Å². The van der Waals surface area contributed by atoms with Crippen LogP contribution in [-0.4, -0.2) is 35.5 Å². The molecule has 5 unspecified atom stereocenters. The van der Waals surface area contributed by atoms with Crippen molar-refractivity contribution in [2.45, 2.75) is 69.9 Å². The van der Waals surface area contributed by atoms with Crippen molar-refractivity contribution in [1.82, 2.24) is 0 Å². The van der Waals surface area contributed by atoms with Crippen LogP contribution in [0.15, 0.2) is 36.5 Å². The third-order valence-electron chi connectivity index (χ3n) is 5.26. The fourth-order valence-corrected chi connectivity index (χ4v) is 3.84. The highest BCUT2D eigenvalue weighted by Crippen LogP contribution is 2.50. The van der Waals surface area contributed by atoms with Gasteiger partial charge < -0.3 is 14.6 Å². The second kappa shape index (κ2) is 8.13. The molecule has 3 fully saturated rings. The summed E-state index contributed by atoms with van der Waals surface area (Å²) >= 11 is 0. The summed E-state index contributed by atoms with van der Waals surface area (Å²) < 4.78 is 11.3. The van der Waals surface area contributed by atoms with E-state index in [0.717, 1.165) is 32.1 Å². The Morgan fingerprint density at radius 1 is 1.29 bits per heavy atom. The van der Waals surface area contributed by atoms with Crippen LogP contribution in [0.3, 0.4) is 0 Å². The number of aliphatic hydroxyl groups excluding tert-OH is 1. The van der Waals surface area contributed by atoms with Crippen LogP contribution < -0.4 is 0 Å². The molecule has 0 radical (unpaired) electrons. The van der Waals surface area contributed by atoms with Crippen LogP contribution in [0.1, 0.15) is 45.4 Å². The maximum atomic E-state index is 11.6. The molecule has 0 spiro atoms. The molecule has 1 N–H and O–H groups in total. The fourth-order valence-electron chi connectivity index (χ4n) is 3.84. The lowest BCUT2D eigenvalue weighted by atomic mass is 9.85. The first kappa shape index (κ1) is 17.4. The highest BCUT2D eigenvalue weighted by molar-refractivity contribution is 5.70. The summed E-state index contributed by atoms with van der Waals surface area (Å²) in [6.45, 7) is 1.95. The standard InChI is InChI=1S/C20H28O4/c1-2-14(21)9-6-4-3-5-7-10-15-16(13-18-20(15)24-18)17-11-8-12-19(22)23-17/h3-4,6-7,9-10,14-18,20-21H,2,5,8,11-13H2,1H3/b4-3+,9-6+,10-7+/t14-,15?,16?,17?,18?,20?/m0/s1. The van der Waals surface area contributed by atoms with Crippen molar-refractivity contribution in [2.24, 2.45) is 11.8 Å². The smallest absolute Gasteiger partial charge is 0.306 e. The first-order valence-electron chi connectivity index (χ1n) is 9.22. The number of aliphatic hydroxyl groups is 1. The Labute approximate surface area is 144 Å². The van der Waals surface area contributed by atoms with Crippen LogP contribution in [0, 0.1) is 11.8 Å². The summed E-state index contributed by atoms with van der Waals surface area (Å²) in [4.78, 5) is 11.6. The van der Waals surface area contributed by atoms with E-state index in [1.54, 1.807) is 6.08 Å². The summed E-state index contributed by atoms with van der Waals surface area (Å²) in [7, 11) is 0. The Morgan fingerprint density at radius 3 is 2.96 bits per heavy atom. The van der Waals surface area contributed by atoms with E-state index in [2.05, 4.69) is 18.2 Å². The predicted octanol–water partition coefficient (Wildman–Crippen LogP) is 3.32. The maximum Gasteiger partial charge on any atom is 0.306 e. The minimum atomic E-state index is -0.355. The first-order chi connectivity index (χ1) is 11.7. The summed E-state index contributed by atoms with van der Waals surface area (Å²) in [6.07, 6.45) is 17.7. The van der Waals surface area contributed by atoms with Gasteiger partial charge in [0, 0.05) is 18.3 Å².